The standard InChI is InChI=1S/C23H22ClNO5S/c1-14-6-7-19-20(26)11-21(30-22(19)15(14)2)23(27)25(18-8-9-31(28,29)13-18)12-16-4-3-5-17(24)10-16/h3-7,10-11,18H,8-9,12-13H2,1-2H3/t18-/m0/s1. The lowest BCUT2D eigenvalue weighted by molar-refractivity contribution is 0.0648. The molecule has 162 valence electrons. The third-order valence-electron chi connectivity index (χ3n) is 5.78. The number of fused-ring (bicyclic) bond motifs is 1. The minimum Gasteiger partial charge on any atom is -0.450 e. The molecule has 1 aliphatic heterocycles. The molecule has 0 spiro atoms. The van der Waals surface area contributed by atoms with Crippen molar-refractivity contribution in [1.29, 1.82) is 0 Å². The van der Waals surface area contributed by atoms with E-state index in [1.54, 1.807) is 24.3 Å². The Labute approximate surface area is 185 Å². The summed E-state index contributed by atoms with van der Waals surface area (Å²) in [5, 5.41) is 0.928. The zero-order chi connectivity index (χ0) is 22.3. The van der Waals surface area contributed by atoms with E-state index in [0.29, 0.717) is 22.4 Å². The van der Waals surface area contributed by atoms with Crippen molar-refractivity contribution in [2.24, 2.45) is 0 Å². The SMILES string of the molecule is Cc1ccc2c(=O)cc(C(=O)N(Cc3cccc(Cl)c3)[C@H]3CCS(=O)(=O)C3)oc2c1C. The first-order valence-electron chi connectivity index (χ1n) is 9.94. The van der Waals surface area contributed by atoms with Gasteiger partial charge < -0.3 is 9.32 Å². The molecule has 31 heavy (non-hydrogen) atoms. The van der Waals surface area contributed by atoms with Gasteiger partial charge in [0.25, 0.3) is 5.91 Å². The minimum atomic E-state index is -3.22. The van der Waals surface area contributed by atoms with E-state index in [-0.39, 0.29) is 29.2 Å². The lowest BCUT2D eigenvalue weighted by Crippen LogP contribution is -2.41. The number of carbonyl (C=O) groups is 1. The van der Waals surface area contributed by atoms with Gasteiger partial charge in [0.05, 0.1) is 16.9 Å². The summed E-state index contributed by atoms with van der Waals surface area (Å²) >= 11 is 6.09. The van der Waals surface area contributed by atoms with Gasteiger partial charge in [0.2, 0.25) is 0 Å². The van der Waals surface area contributed by atoms with Gasteiger partial charge in [-0.1, -0.05) is 29.8 Å². The summed E-state index contributed by atoms with van der Waals surface area (Å²) in [6, 6.07) is 11.3. The van der Waals surface area contributed by atoms with E-state index in [4.69, 9.17) is 16.0 Å². The molecule has 6 nitrogen and oxygen atoms in total. The average Bonchev–Trinajstić information content (AvgIpc) is 3.08. The van der Waals surface area contributed by atoms with Crippen molar-refractivity contribution in [3.63, 3.8) is 0 Å². The molecule has 2 heterocycles. The molecule has 1 atom stereocenters. The van der Waals surface area contributed by atoms with Crippen LogP contribution in [0.25, 0.3) is 11.0 Å². The van der Waals surface area contributed by atoms with E-state index in [9.17, 15) is 18.0 Å². The van der Waals surface area contributed by atoms with Gasteiger partial charge in [-0.25, -0.2) is 8.42 Å². The predicted octanol–water partition coefficient (Wildman–Crippen LogP) is 3.89. The lowest BCUT2D eigenvalue weighted by atomic mass is 10.1. The maximum atomic E-state index is 13.5. The summed E-state index contributed by atoms with van der Waals surface area (Å²) in [4.78, 5) is 27.6. The highest BCUT2D eigenvalue weighted by molar-refractivity contribution is 7.91. The van der Waals surface area contributed by atoms with Crippen LogP contribution in [0.5, 0.6) is 0 Å². The van der Waals surface area contributed by atoms with Crippen LogP contribution in [0.3, 0.4) is 0 Å². The number of amides is 1. The number of aryl methyl sites for hydroxylation is 2. The summed E-state index contributed by atoms with van der Waals surface area (Å²) in [5.41, 5.74) is 2.55. The normalized spacial score (nSPS) is 17.7. The molecular formula is C23H22ClNO5S. The first kappa shape index (κ1) is 21.6. The molecule has 4 rings (SSSR count). The summed E-state index contributed by atoms with van der Waals surface area (Å²) in [5.74, 6) is -0.703. The second-order valence-electron chi connectivity index (χ2n) is 7.98. The van der Waals surface area contributed by atoms with Gasteiger partial charge >= 0.3 is 0 Å². The van der Waals surface area contributed by atoms with Gasteiger partial charge in [-0.3, -0.25) is 9.59 Å². The fourth-order valence-electron chi connectivity index (χ4n) is 3.92. The summed E-state index contributed by atoms with van der Waals surface area (Å²) in [6.07, 6.45) is 0.338. The highest BCUT2D eigenvalue weighted by Gasteiger charge is 2.36. The van der Waals surface area contributed by atoms with Crippen molar-refractivity contribution in [3.8, 4) is 0 Å². The largest absolute Gasteiger partial charge is 0.450 e. The fourth-order valence-corrected chi connectivity index (χ4v) is 5.86. The van der Waals surface area contributed by atoms with Gasteiger partial charge in [0.15, 0.2) is 21.0 Å². The molecule has 3 aromatic rings. The molecule has 0 radical (unpaired) electrons. The van der Waals surface area contributed by atoms with E-state index < -0.39 is 21.8 Å². The smallest absolute Gasteiger partial charge is 0.290 e. The van der Waals surface area contributed by atoms with Crippen LogP contribution >= 0.6 is 11.6 Å². The topological polar surface area (TPSA) is 84.7 Å². The number of benzene rings is 2. The fraction of sp³-hybridized carbons (Fsp3) is 0.304. The minimum absolute atomic E-state index is 0.0248. The highest BCUT2D eigenvalue weighted by atomic mass is 35.5. The van der Waals surface area contributed by atoms with Crippen LogP contribution in [-0.2, 0) is 16.4 Å². The van der Waals surface area contributed by atoms with E-state index in [0.717, 1.165) is 16.7 Å². The van der Waals surface area contributed by atoms with E-state index in [1.807, 2.05) is 26.0 Å². The zero-order valence-electron chi connectivity index (χ0n) is 17.2. The van der Waals surface area contributed by atoms with Crippen molar-refractivity contribution >= 4 is 38.3 Å². The second kappa shape index (κ2) is 8.13. The number of halogens is 1. The van der Waals surface area contributed by atoms with Crippen molar-refractivity contribution in [2.75, 3.05) is 11.5 Å². The molecule has 1 saturated heterocycles. The number of hydrogen-bond donors (Lipinski definition) is 0. The van der Waals surface area contributed by atoms with E-state index >= 15 is 0 Å². The number of hydrogen-bond acceptors (Lipinski definition) is 5. The van der Waals surface area contributed by atoms with Crippen LogP contribution in [0.2, 0.25) is 5.02 Å². The summed E-state index contributed by atoms with van der Waals surface area (Å²) in [7, 11) is -3.22. The molecule has 1 aromatic heterocycles. The van der Waals surface area contributed by atoms with Gasteiger partial charge in [-0.15, -0.1) is 0 Å². The molecule has 0 aliphatic carbocycles. The number of carbonyl (C=O) groups excluding carboxylic acids is 1. The number of sulfone groups is 1. The summed E-state index contributed by atoms with van der Waals surface area (Å²) < 4.78 is 30.1. The van der Waals surface area contributed by atoms with Crippen molar-refractivity contribution < 1.29 is 17.6 Å². The first-order valence-corrected chi connectivity index (χ1v) is 12.1. The Morgan fingerprint density at radius 2 is 1.97 bits per heavy atom. The van der Waals surface area contributed by atoms with Crippen LogP contribution in [-0.4, -0.2) is 36.8 Å². The first-order chi connectivity index (χ1) is 14.6. The lowest BCUT2D eigenvalue weighted by Gasteiger charge is -2.28. The second-order valence-corrected chi connectivity index (χ2v) is 10.6. The van der Waals surface area contributed by atoms with E-state index in [2.05, 4.69) is 0 Å². The maximum Gasteiger partial charge on any atom is 0.290 e. The van der Waals surface area contributed by atoms with Crippen molar-refractivity contribution in [1.82, 2.24) is 4.90 Å². The Kier molecular flexibility index (Phi) is 5.66. The summed E-state index contributed by atoms with van der Waals surface area (Å²) in [6.45, 7) is 3.90. The predicted molar refractivity (Wildman–Crippen MR) is 120 cm³/mol. The van der Waals surface area contributed by atoms with Gasteiger partial charge in [-0.2, -0.15) is 0 Å². The molecule has 1 aliphatic rings. The molecule has 8 heteroatoms. The third kappa shape index (κ3) is 4.38. The Balaban J connectivity index is 1.78. The van der Waals surface area contributed by atoms with Gasteiger partial charge in [-0.05, 0) is 55.2 Å². The van der Waals surface area contributed by atoms with Crippen LogP contribution in [0.4, 0.5) is 0 Å². The molecule has 2 aromatic carbocycles. The molecule has 1 amide bonds. The Morgan fingerprint density at radius 3 is 2.65 bits per heavy atom. The van der Waals surface area contributed by atoms with Crippen molar-refractivity contribution in [2.45, 2.75) is 32.9 Å². The molecule has 0 saturated carbocycles. The zero-order valence-corrected chi connectivity index (χ0v) is 18.8. The number of rotatable bonds is 4. The third-order valence-corrected chi connectivity index (χ3v) is 7.76. The van der Waals surface area contributed by atoms with Crippen LogP contribution in [0.1, 0.15) is 33.7 Å². The molecular weight excluding hydrogens is 438 g/mol. The highest BCUT2D eigenvalue weighted by Crippen LogP contribution is 2.25. The Hall–Kier alpha value is -2.64. The van der Waals surface area contributed by atoms with E-state index in [1.165, 1.54) is 11.0 Å². The quantitative estimate of drug-likeness (QED) is 0.590. The van der Waals surface area contributed by atoms with Crippen LogP contribution in [0, 0.1) is 13.8 Å². The molecule has 0 unspecified atom stereocenters. The van der Waals surface area contributed by atoms with Gasteiger partial charge in [0, 0.05) is 23.7 Å². The maximum absolute atomic E-state index is 13.5. The Bertz CT molecular complexity index is 1350. The molecule has 0 bridgehead atoms. The molecule has 0 N–H and O–H groups in total. The van der Waals surface area contributed by atoms with Crippen molar-refractivity contribution in [3.05, 3.63) is 80.2 Å². The average molecular weight is 460 g/mol. The number of nitrogens with zero attached hydrogens (tertiary/aromatic N) is 1. The monoisotopic (exact) mass is 459 g/mol. The van der Waals surface area contributed by atoms with Gasteiger partial charge in [0.1, 0.15) is 5.58 Å². The van der Waals surface area contributed by atoms with Crippen LogP contribution in [0.15, 0.2) is 51.7 Å². The van der Waals surface area contributed by atoms with Crippen LogP contribution < -0.4 is 5.43 Å². The Morgan fingerprint density at radius 1 is 1.19 bits per heavy atom. The molecule has 1 fully saturated rings.